The molecule has 1 aliphatic heterocycles. The van der Waals surface area contributed by atoms with Gasteiger partial charge in [0.05, 0.1) is 53.0 Å². The van der Waals surface area contributed by atoms with Crippen LogP contribution in [0, 0.1) is 0 Å². The number of aliphatic hydroxyl groups is 1. The van der Waals surface area contributed by atoms with Crippen molar-refractivity contribution in [2.75, 3.05) is 27.3 Å². The number of aromatic nitrogens is 2. The van der Waals surface area contributed by atoms with Gasteiger partial charge >= 0.3 is 0 Å². The minimum atomic E-state index is -1.07. The van der Waals surface area contributed by atoms with Crippen molar-refractivity contribution in [2.24, 2.45) is 0 Å². The zero-order valence-electron chi connectivity index (χ0n) is 28.1. The summed E-state index contributed by atoms with van der Waals surface area (Å²) < 4.78 is 11.7. The van der Waals surface area contributed by atoms with Gasteiger partial charge in [-0.15, -0.1) is 11.6 Å². The van der Waals surface area contributed by atoms with E-state index >= 15 is 0 Å². The number of pyridine rings is 2. The van der Waals surface area contributed by atoms with Crippen LogP contribution in [0.2, 0.25) is 10.0 Å². The number of halogens is 3. The molecule has 4 N–H and O–H groups in total. The average Bonchev–Trinajstić information content (AvgIpc) is 3.53. The van der Waals surface area contributed by atoms with Gasteiger partial charge in [0.2, 0.25) is 11.8 Å². The number of hydrogen-bond acceptors (Lipinski definition) is 8. The summed E-state index contributed by atoms with van der Waals surface area (Å²) in [7, 11) is 3.21. The molecule has 0 saturated carbocycles. The molecular formula is C38H40Cl3N5O4. The van der Waals surface area contributed by atoms with Gasteiger partial charge in [-0.2, -0.15) is 0 Å². The Morgan fingerprint density at radius 1 is 1.00 bits per heavy atom. The molecular weight excluding hydrogens is 697 g/mol. The molecule has 3 heterocycles. The van der Waals surface area contributed by atoms with E-state index in [4.69, 9.17) is 54.2 Å². The molecule has 6 rings (SSSR count). The molecule has 4 atom stereocenters. The molecule has 3 unspecified atom stereocenters. The number of ether oxygens (including phenoxy) is 2. The SMILES string of the molecule is COc1nc(C2(c3ccc4c(OC)c(CNCC(C)O)cc(Cl)c4n3)C=CC=C(c3ccccc3Cl)C2Cl)ccc1CNC[C@@H]1CCC(=O)N1. The maximum absolute atomic E-state index is 11.7. The van der Waals surface area contributed by atoms with Crippen LogP contribution in [-0.2, 0) is 23.3 Å². The lowest BCUT2D eigenvalue weighted by molar-refractivity contribution is -0.119. The predicted molar refractivity (Wildman–Crippen MR) is 199 cm³/mol. The van der Waals surface area contributed by atoms with E-state index in [0.717, 1.165) is 34.1 Å². The van der Waals surface area contributed by atoms with Crippen molar-refractivity contribution >= 4 is 57.2 Å². The van der Waals surface area contributed by atoms with Crippen LogP contribution < -0.4 is 25.4 Å². The highest BCUT2D eigenvalue weighted by Gasteiger charge is 2.46. The monoisotopic (exact) mass is 735 g/mol. The van der Waals surface area contributed by atoms with E-state index in [1.54, 1.807) is 21.1 Å². The highest BCUT2D eigenvalue weighted by molar-refractivity contribution is 6.35. The number of carbonyl (C=O) groups is 1. The first-order valence-corrected chi connectivity index (χ1v) is 17.7. The number of methoxy groups -OCH3 is 2. The maximum Gasteiger partial charge on any atom is 0.220 e. The molecule has 0 bridgehead atoms. The quantitative estimate of drug-likeness (QED) is 0.118. The van der Waals surface area contributed by atoms with Gasteiger partial charge in [0, 0.05) is 60.2 Å². The van der Waals surface area contributed by atoms with Crippen molar-refractivity contribution in [2.45, 2.75) is 55.8 Å². The molecule has 262 valence electrons. The molecule has 0 spiro atoms. The Morgan fingerprint density at radius 2 is 1.76 bits per heavy atom. The average molecular weight is 737 g/mol. The Balaban J connectivity index is 1.44. The molecule has 2 aliphatic rings. The molecule has 1 saturated heterocycles. The molecule has 9 nitrogen and oxygen atoms in total. The maximum atomic E-state index is 11.7. The van der Waals surface area contributed by atoms with Gasteiger partial charge in [-0.3, -0.25) is 4.79 Å². The van der Waals surface area contributed by atoms with E-state index in [9.17, 15) is 9.90 Å². The van der Waals surface area contributed by atoms with Crippen LogP contribution in [0.5, 0.6) is 11.6 Å². The van der Waals surface area contributed by atoms with Crippen molar-refractivity contribution in [1.82, 2.24) is 25.9 Å². The van der Waals surface area contributed by atoms with Crippen molar-refractivity contribution < 1.29 is 19.4 Å². The zero-order valence-corrected chi connectivity index (χ0v) is 30.4. The van der Waals surface area contributed by atoms with Gasteiger partial charge in [-0.1, -0.05) is 65.7 Å². The summed E-state index contributed by atoms with van der Waals surface area (Å²) in [4.78, 5) is 21.9. The van der Waals surface area contributed by atoms with E-state index in [1.165, 1.54) is 0 Å². The highest BCUT2D eigenvalue weighted by atomic mass is 35.5. The van der Waals surface area contributed by atoms with Gasteiger partial charge in [0.1, 0.15) is 5.75 Å². The Morgan fingerprint density at radius 3 is 2.48 bits per heavy atom. The number of allylic oxidation sites excluding steroid dienone is 4. The minimum absolute atomic E-state index is 0.0827. The Labute approximate surface area is 307 Å². The normalized spacial score (nSPS) is 20.9. The first kappa shape index (κ1) is 36.1. The van der Waals surface area contributed by atoms with Gasteiger partial charge in [0.15, 0.2) is 0 Å². The third-order valence-corrected chi connectivity index (χ3v) is 10.4. The lowest BCUT2D eigenvalue weighted by Crippen LogP contribution is -2.40. The van der Waals surface area contributed by atoms with Crippen LogP contribution >= 0.6 is 34.8 Å². The fourth-order valence-corrected chi connectivity index (χ4v) is 7.73. The van der Waals surface area contributed by atoms with E-state index in [1.807, 2.05) is 72.8 Å². The number of aliphatic hydroxyl groups excluding tert-OH is 1. The van der Waals surface area contributed by atoms with Crippen LogP contribution in [-0.4, -0.2) is 65.8 Å². The third-order valence-electron chi connectivity index (χ3n) is 9.18. The molecule has 1 fully saturated rings. The number of nitrogens with zero attached hydrogens (tertiary/aromatic N) is 2. The third kappa shape index (κ3) is 7.21. The van der Waals surface area contributed by atoms with Gasteiger partial charge in [-0.25, -0.2) is 9.97 Å². The smallest absolute Gasteiger partial charge is 0.220 e. The minimum Gasteiger partial charge on any atom is -0.496 e. The van der Waals surface area contributed by atoms with Gasteiger partial charge < -0.3 is 30.5 Å². The number of hydrogen-bond donors (Lipinski definition) is 4. The molecule has 12 heteroatoms. The second-order valence-electron chi connectivity index (χ2n) is 12.6. The van der Waals surface area contributed by atoms with Crippen molar-refractivity contribution in [3.63, 3.8) is 0 Å². The molecule has 0 radical (unpaired) electrons. The number of carbonyl (C=O) groups excluding carboxylic acids is 1. The summed E-state index contributed by atoms with van der Waals surface area (Å²) in [5.41, 5.74) is 4.07. The van der Waals surface area contributed by atoms with Crippen molar-refractivity contribution in [3.8, 4) is 11.6 Å². The number of alkyl halides is 1. The summed E-state index contributed by atoms with van der Waals surface area (Å²) in [5.74, 6) is 1.17. The first-order chi connectivity index (χ1) is 24.2. The number of benzene rings is 2. The lowest BCUT2D eigenvalue weighted by Gasteiger charge is -2.38. The van der Waals surface area contributed by atoms with Crippen molar-refractivity contribution in [3.05, 3.63) is 111 Å². The summed E-state index contributed by atoms with van der Waals surface area (Å²) in [6.07, 6.45) is 6.81. The van der Waals surface area contributed by atoms with Gasteiger partial charge in [0.25, 0.3) is 0 Å². The van der Waals surface area contributed by atoms with E-state index in [2.05, 4.69) is 16.0 Å². The Bertz CT molecular complexity index is 1950. The summed E-state index contributed by atoms with van der Waals surface area (Å²) >= 11 is 21.3. The fourth-order valence-electron chi connectivity index (χ4n) is 6.73. The second kappa shape index (κ2) is 15.7. The molecule has 50 heavy (non-hydrogen) atoms. The van der Waals surface area contributed by atoms with Crippen LogP contribution in [0.4, 0.5) is 0 Å². The standard InChI is InChI=1S/C38H40Cl3N5O4/c1-22(47)18-42-20-24-17-30(40)34-28(35(24)49-2)12-14-31(45-34)38(16-6-8-27(36(38)41)26-7-4-5-9-29(26)39)32-13-10-23(37(46-32)50-3)19-43-21-25-11-15-33(48)44-25/h4-10,12-14,16-17,22,25,36,42-43,47H,11,15,18-21H2,1-3H3,(H,44,48)/t22?,25-,36?,38?/m0/s1. The molecule has 2 aromatic heterocycles. The van der Waals surface area contributed by atoms with Crippen molar-refractivity contribution in [1.29, 1.82) is 0 Å². The van der Waals surface area contributed by atoms with Crippen LogP contribution in [0.25, 0.3) is 16.5 Å². The Kier molecular flexibility index (Phi) is 11.3. The van der Waals surface area contributed by atoms with Gasteiger partial charge in [-0.05, 0) is 54.8 Å². The van der Waals surface area contributed by atoms with Crippen LogP contribution in [0.15, 0.2) is 72.8 Å². The number of nitrogens with one attached hydrogen (secondary N) is 3. The molecule has 1 amide bonds. The predicted octanol–water partition coefficient (Wildman–Crippen LogP) is 6.34. The van der Waals surface area contributed by atoms with E-state index in [-0.39, 0.29) is 11.9 Å². The summed E-state index contributed by atoms with van der Waals surface area (Å²) in [6.45, 7) is 3.74. The molecule has 1 aliphatic carbocycles. The first-order valence-electron chi connectivity index (χ1n) is 16.5. The fraction of sp³-hybridized carbons (Fsp3) is 0.342. The number of rotatable bonds is 13. The second-order valence-corrected chi connectivity index (χ2v) is 13.9. The lowest BCUT2D eigenvalue weighted by atomic mass is 9.70. The largest absolute Gasteiger partial charge is 0.496 e. The summed E-state index contributed by atoms with van der Waals surface area (Å²) in [6, 6.07) is 17.4. The Hall–Kier alpha value is -3.70. The van der Waals surface area contributed by atoms with Crippen LogP contribution in [0.1, 0.15) is 47.8 Å². The summed E-state index contributed by atoms with van der Waals surface area (Å²) in [5, 5.41) is 20.5. The van der Waals surface area contributed by atoms with E-state index in [0.29, 0.717) is 71.2 Å². The number of fused-ring (bicyclic) bond motifs is 1. The van der Waals surface area contributed by atoms with Crippen LogP contribution in [0.3, 0.4) is 0 Å². The van der Waals surface area contributed by atoms with E-state index < -0.39 is 16.9 Å². The molecule has 4 aromatic rings. The number of amides is 1. The topological polar surface area (TPSA) is 118 Å². The molecule has 2 aromatic carbocycles. The zero-order chi connectivity index (χ0) is 35.4. The highest BCUT2D eigenvalue weighted by Crippen LogP contribution is 2.49.